The van der Waals surface area contributed by atoms with Gasteiger partial charge in [-0.3, -0.25) is 9.36 Å². The minimum absolute atomic E-state index is 0.176. The number of hydrogen-bond acceptors (Lipinski definition) is 6. The Morgan fingerprint density at radius 2 is 1.80 bits per heavy atom. The molecule has 0 spiro atoms. The van der Waals surface area contributed by atoms with Crippen LogP contribution >= 0.6 is 62.1 Å². The van der Waals surface area contributed by atoms with Gasteiger partial charge in [0.1, 0.15) is 18.4 Å². The Balaban J connectivity index is 1.67. The highest BCUT2D eigenvalue weighted by atomic mass is 79.9. The van der Waals surface area contributed by atoms with Crippen molar-refractivity contribution in [2.45, 2.75) is 26.5 Å². The lowest BCUT2D eigenvalue weighted by atomic mass is 9.96. The van der Waals surface area contributed by atoms with E-state index >= 15 is 0 Å². The van der Waals surface area contributed by atoms with Crippen molar-refractivity contribution in [2.24, 2.45) is 4.99 Å². The number of carbonyl (C=O) groups excluding carboxylic acids is 1. The maximum Gasteiger partial charge on any atom is 0.338 e. The minimum atomic E-state index is -0.816. The van der Waals surface area contributed by atoms with Crippen molar-refractivity contribution in [3.63, 3.8) is 0 Å². The molecule has 0 aliphatic carbocycles. The van der Waals surface area contributed by atoms with E-state index in [0.717, 1.165) is 5.56 Å². The average molecular weight is 693 g/mol. The number of benzene rings is 3. The normalized spacial score (nSPS) is 15.0. The van der Waals surface area contributed by atoms with Gasteiger partial charge in [0.25, 0.3) is 5.56 Å². The molecule has 5 rings (SSSR count). The molecule has 11 heteroatoms. The lowest BCUT2D eigenvalue weighted by Crippen LogP contribution is -2.40. The molecule has 0 saturated heterocycles. The SMILES string of the molecule is CCOC(=O)C1=C(C)N=c2s/c(=C\c3cc(Cl)cc(Br)c3OCc3ccccc3Cl)c(=O)n2[C@H]1c1ccccc1Cl. The van der Waals surface area contributed by atoms with E-state index in [1.807, 2.05) is 18.2 Å². The fourth-order valence-corrected chi connectivity index (χ4v) is 6.94. The molecule has 1 aliphatic heterocycles. The third kappa shape index (κ3) is 6.03. The van der Waals surface area contributed by atoms with E-state index in [0.29, 0.717) is 51.4 Å². The minimum Gasteiger partial charge on any atom is -0.487 e. The summed E-state index contributed by atoms with van der Waals surface area (Å²) in [6.45, 7) is 3.83. The standard InChI is InChI=1S/C30H22BrCl3N2O4S/c1-3-39-29(38)25-16(2)35-30-36(26(25)20-9-5-7-11-23(20)34)28(37)24(41-30)13-18-12-19(32)14-21(31)27(18)40-15-17-8-4-6-10-22(17)33/h4-14,26H,3,15H2,1-2H3/b24-13-/t26-/m0/s1. The first-order valence-electron chi connectivity index (χ1n) is 12.5. The van der Waals surface area contributed by atoms with E-state index in [1.54, 1.807) is 62.4 Å². The lowest BCUT2D eigenvalue weighted by molar-refractivity contribution is -0.139. The Bertz CT molecular complexity index is 1880. The van der Waals surface area contributed by atoms with Gasteiger partial charge in [0, 0.05) is 26.2 Å². The van der Waals surface area contributed by atoms with Crippen molar-refractivity contribution in [3.8, 4) is 5.75 Å². The van der Waals surface area contributed by atoms with Gasteiger partial charge in [0.15, 0.2) is 4.80 Å². The van der Waals surface area contributed by atoms with Crippen LogP contribution in [0.15, 0.2) is 86.2 Å². The van der Waals surface area contributed by atoms with Crippen molar-refractivity contribution in [3.05, 3.63) is 128 Å². The Morgan fingerprint density at radius 3 is 2.51 bits per heavy atom. The van der Waals surface area contributed by atoms with E-state index in [1.165, 1.54) is 15.9 Å². The van der Waals surface area contributed by atoms with Gasteiger partial charge in [-0.15, -0.1) is 0 Å². The number of rotatable bonds is 7. The van der Waals surface area contributed by atoms with Crippen LogP contribution in [0.3, 0.4) is 0 Å². The molecule has 0 radical (unpaired) electrons. The van der Waals surface area contributed by atoms with Crippen molar-refractivity contribution in [1.29, 1.82) is 0 Å². The predicted molar refractivity (Wildman–Crippen MR) is 167 cm³/mol. The summed E-state index contributed by atoms with van der Waals surface area (Å²) in [5.41, 5.74) is 2.35. The highest BCUT2D eigenvalue weighted by Gasteiger charge is 2.34. The first-order chi connectivity index (χ1) is 19.7. The molecule has 1 aromatic heterocycles. The van der Waals surface area contributed by atoms with Crippen LogP contribution in [-0.4, -0.2) is 17.1 Å². The van der Waals surface area contributed by atoms with E-state index in [4.69, 9.17) is 44.3 Å². The number of allylic oxidation sites excluding steroid dienone is 1. The van der Waals surface area contributed by atoms with Crippen LogP contribution in [0.4, 0.5) is 0 Å². The zero-order valence-corrected chi connectivity index (χ0v) is 26.5. The number of fused-ring (bicyclic) bond motifs is 1. The van der Waals surface area contributed by atoms with Crippen molar-refractivity contribution in [1.82, 2.24) is 4.57 Å². The summed E-state index contributed by atoms with van der Waals surface area (Å²) >= 11 is 24.0. The third-order valence-electron chi connectivity index (χ3n) is 6.37. The fraction of sp³-hybridized carbons (Fsp3) is 0.167. The number of hydrogen-bond donors (Lipinski definition) is 0. The molecule has 0 unspecified atom stereocenters. The molecule has 6 nitrogen and oxygen atoms in total. The number of thiazole rings is 1. The summed E-state index contributed by atoms with van der Waals surface area (Å²) in [4.78, 5) is 32.2. The number of ether oxygens (including phenoxy) is 2. The summed E-state index contributed by atoms with van der Waals surface area (Å²) in [6.07, 6.45) is 1.70. The first-order valence-corrected chi connectivity index (χ1v) is 15.2. The summed E-state index contributed by atoms with van der Waals surface area (Å²) in [5, 5.41) is 1.45. The van der Waals surface area contributed by atoms with Crippen LogP contribution in [-0.2, 0) is 16.1 Å². The van der Waals surface area contributed by atoms with Crippen molar-refractivity contribution in [2.75, 3.05) is 6.61 Å². The second kappa shape index (κ2) is 12.5. The molecular formula is C30H22BrCl3N2O4S. The van der Waals surface area contributed by atoms with Crippen LogP contribution < -0.4 is 19.6 Å². The van der Waals surface area contributed by atoms with E-state index in [2.05, 4.69) is 20.9 Å². The molecule has 0 N–H and O–H groups in total. The van der Waals surface area contributed by atoms with Gasteiger partial charge in [0.05, 0.1) is 26.9 Å². The van der Waals surface area contributed by atoms with Gasteiger partial charge in [-0.25, -0.2) is 9.79 Å². The average Bonchev–Trinajstić information content (AvgIpc) is 3.22. The van der Waals surface area contributed by atoms with Gasteiger partial charge < -0.3 is 9.47 Å². The number of halogens is 4. The van der Waals surface area contributed by atoms with Crippen LogP contribution in [0.5, 0.6) is 5.75 Å². The second-order valence-corrected chi connectivity index (χ2v) is 12.1. The molecule has 210 valence electrons. The van der Waals surface area contributed by atoms with Gasteiger partial charge in [-0.05, 0) is 65.7 Å². The molecule has 0 bridgehead atoms. The maximum atomic E-state index is 14.0. The number of esters is 1. The summed E-state index contributed by atoms with van der Waals surface area (Å²) in [7, 11) is 0. The Kier molecular flexibility index (Phi) is 9.06. The molecule has 2 heterocycles. The Morgan fingerprint density at radius 1 is 1.10 bits per heavy atom. The first kappa shape index (κ1) is 29.6. The van der Waals surface area contributed by atoms with Crippen LogP contribution in [0.2, 0.25) is 15.1 Å². The smallest absolute Gasteiger partial charge is 0.338 e. The number of aromatic nitrogens is 1. The molecule has 0 saturated carbocycles. The monoisotopic (exact) mass is 690 g/mol. The zero-order valence-electron chi connectivity index (χ0n) is 21.8. The van der Waals surface area contributed by atoms with Crippen molar-refractivity contribution < 1.29 is 14.3 Å². The molecule has 41 heavy (non-hydrogen) atoms. The number of nitrogens with zero attached hydrogens (tertiary/aromatic N) is 2. The van der Waals surface area contributed by atoms with E-state index < -0.39 is 12.0 Å². The van der Waals surface area contributed by atoms with Gasteiger partial charge in [-0.2, -0.15) is 0 Å². The lowest BCUT2D eigenvalue weighted by Gasteiger charge is -2.25. The highest BCUT2D eigenvalue weighted by molar-refractivity contribution is 9.10. The molecule has 1 atom stereocenters. The molecule has 0 fully saturated rings. The summed E-state index contributed by atoms with van der Waals surface area (Å²) in [5.74, 6) is -0.0619. The fourth-order valence-electron chi connectivity index (χ4n) is 4.53. The Hall–Kier alpha value is -2.88. The van der Waals surface area contributed by atoms with Crippen LogP contribution in [0.1, 0.15) is 36.6 Å². The largest absolute Gasteiger partial charge is 0.487 e. The quantitative estimate of drug-likeness (QED) is 0.194. The highest BCUT2D eigenvalue weighted by Crippen LogP contribution is 2.36. The van der Waals surface area contributed by atoms with Gasteiger partial charge in [0.2, 0.25) is 0 Å². The molecule has 0 amide bonds. The van der Waals surface area contributed by atoms with E-state index in [-0.39, 0.29) is 24.3 Å². The molecular weight excluding hydrogens is 671 g/mol. The maximum absolute atomic E-state index is 14.0. The van der Waals surface area contributed by atoms with Crippen LogP contribution in [0, 0.1) is 0 Å². The van der Waals surface area contributed by atoms with Gasteiger partial charge in [-0.1, -0.05) is 82.5 Å². The molecule has 3 aromatic carbocycles. The van der Waals surface area contributed by atoms with Gasteiger partial charge >= 0.3 is 5.97 Å². The zero-order chi connectivity index (χ0) is 29.3. The summed E-state index contributed by atoms with van der Waals surface area (Å²) in [6, 6.07) is 17.1. The molecule has 1 aliphatic rings. The van der Waals surface area contributed by atoms with E-state index in [9.17, 15) is 9.59 Å². The Labute approximate surface area is 263 Å². The third-order valence-corrected chi connectivity index (χ3v) is 8.87. The second-order valence-electron chi connectivity index (χ2n) is 9.01. The molecule has 4 aromatic rings. The summed E-state index contributed by atoms with van der Waals surface area (Å²) < 4.78 is 14.0. The number of carbonyl (C=O) groups is 1. The van der Waals surface area contributed by atoms with Crippen molar-refractivity contribution >= 4 is 74.1 Å². The predicted octanol–water partition coefficient (Wildman–Crippen LogP) is 7.10. The van der Waals surface area contributed by atoms with Crippen LogP contribution in [0.25, 0.3) is 6.08 Å². The topological polar surface area (TPSA) is 69.9 Å².